The van der Waals surface area contributed by atoms with E-state index in [1.165, 1.54) is 6.92 Å². The highest BCUT2D eigenvalue weighted by molar-refractivity contribution is 5.59. The molecule has 0 fully saturated rings. The highest BCUT2D eigenvalue weighted by Gasteiger charge is 2.39. The van der Waals surface area contributed by atoms with Gasteiger partial charge >= 0.3 is 6.30 Å². The Balaban J connectivity index is 2.55. The second-order valence-corrected chi connectivity index (χ2v) is 1.84. The molecule has 1 heterocycles. The molecule has 0 saturated heterocycles. The zero-order valence-corrected chi connectivity index (χ0v) is 5.11. The van der Waals surface area contributed by atoms with Crippen LogP contribution in [0.5, 0.6) is 0 Å². The molecule has 2 nitrogen and oxygen atoms in total. The summed E-state index contributed by atoms with van der Waals surface area (Å²) in [5.74, 6) is 0. The molecular weight excluding hydrogens is 145 g/mol. The highest BCUT2D eigenvalue weighted by atomic mass is 19.4. The lowest BCUT2D eigenvalue weighted by molar-refractivity contribution is -0.205. The Kier molecular flexibility index (Phi) is 1.58. The van der Waals surface area contributed by atoms with E-state index in [9.17, 15) is 13.2 Å². The molecule has 0 N–H and O–H groups in total. The number of nitrogens with zero attached hydrogens (tertiary/aromatic N) is 2. The molecule has 55 valence electrons. The van der Waals surface area contributed by atoms with Gasteiger partial charge in [-0.2, -0.15) is 0 Å². The van der Waals surface area contributed by atoms with Crippen molar-refractivity contribution in [2.75, 3.05) is 0 Å². The first-order chi connectivity index (χ1) is 4.50. The van der Waals surface area contributed by atoms with E-state index < -0.39 is 12.3 Å². The molecule has 10 heavy (non-hydrogen) atoms. The van der Waals surface area contributed by atoms with Crippen LogP contribution >= 0.6 is 0 Å². The molecule has 0 amide bonds. The van der Waals surface area contributed by atoms with E-state index in [1.807, 2.05) is 6.54 Å². The van der Waals surface area contributed by atoms with Gasteiger partial charge in [-0.25, -0.2) is 0 Å². The van der Waals surface area contributed by atoms with E-state index >= 15 is 0 Å². The summed E-state index contributed by atoms with van der Waals surface area (Å²) in [5, 5.41) is 0. The van der Waals surface area contributed by atoms with Crippen molar-refractivity contribution in [3.8, 4) is 0 Å². The summed E-state index contributed by atoms with van der Waals surface area (Å²) in [6.45, 7) is 3.52. The van der Waals surface area contributed by atoms with E-state index in [4.69, 9.17) is 0 Å². The van der Waals surface area contributed by atoms with Gasteiger partial charge in [0.15, 0.2) is 6.34 Å². The van der Waals surface area contributed by atoms with Gasteiger partial charge in [-0.1, -0.05) is 0 Å². The fourth-order valence-electron chi connectivity index (χ4n) is 0.519. The summed E-state index contributed by atoms with van der Waals surface area (Å²) in [6.07, 6.45) is -2.65. The predicted molar refractivity (Wildman–Crippen MR) is 28.0 cm³/mol. The van der Waals surface area contributed by atoms with Gasteiger partial charge in [0.2, 0.25) is 0 Å². The molecule has 1 aliphatic rings. The Morgan fingerprint density at radius 1 is 1.50 bits per heavy atom. The Labute approximate surface area is 56.3 Å². The molecule has 1 unspecified atom stereocenters. The van der Waals surface area contributed by atoms with Gasteiger partial charge < -0.3 is 0 Å². The lowest BCUT2D eigenvalue weighted by Crippen LogP contribution is -2.33. The van der Waals surface area contributed by atoms with Crippen molar-refractivity contribution >= 4 is 6.34 Å². The van der Waals surface area contributed by atoms with Crippen molar-refractivity contribution in [1.29, 1.82) is 0 Å². The van der Waals surface area contributed by atoms with Gasteiger partial charge in [0.05, 0.1) is 6.04 Å². The SMILES string of the molecule is CC1[C]N(C(F)(F)F)[C]=N1. The van der Waals surface area contributed by atoms with Crippen LogP contribution in [0.25, 0.3) is 0 Å². The second kappa shape index (κ2) is 2.14. The number of aliphatic imine (C=N–C) groups is 1. The quantitative estimate of drug-likeness (QED) is 0.472. The van der Waals surface area contributed by atoms with Crippen LogP contribution in [0.15, 0.2) is 4.99 Å². The monoisotopic (exact) mass is 149 g/mol. The Hall–Kier alpha value is -0.740. The minimum atomic E-state index is -4.42. The maximum absolute atomic E-state index is 11.7. The van der Waals surface area contributed by atoms with Crippen molar-refractivity contribution in [3.63, 3.8) is 0 Å². The zero-order valence-electron chi connectivity index (χ0n) is 5.11. The standard InChI is InChI=1S/C5H4F3N2/c1-4-2-10(3-9-4)5(6,7)8/h4H,1H3. The number of rotatable bonds is 0. The number of hydrogen-bond donors (Lipinski definition) is 0. The molecule has 0 aromatic heterocycles. The van der Waals surface area contributed by atoms with Crippen LogP contribution in [0, 0.1) is 6.54 Å². The fourth-order valence-corrected chi connectivity index (χ4v) is 0.519. The fraction of sp³-hybridized carbons (Fsp3) is 0.600. The predicted octanol–water partition coefficient (Wildman–Crippen LogP) is 1.15. The van der Waals surface area contributed by atoms with Crippen LogP contribution in [-0.2, 0) is 0 Å². The summed E-state index contributed by atoms with van der Waals surface area (Å²) >= 11 is 0. The van der Waals surface area contributed by atoms with Crippen LogP contribution in [-0.4, -0.2) is 23.6 Å². The number of halogens is 3. The molecule has 0 saturated carbocycles. The third-order valence-corrected chi connectivity index (χ3v) is 0.921. The van der Waals surface area contributed by atoms with E-state index in [2.05, 4.69) is 4.99 Å². The highest BCUT2D eigenvalue weighted by Crippen LogP contribution is 2.24. The number of hydrogen-bond acceptors (Lipinski definition) is 2. The van der Waals surface area contributed by atoms with Gasteiger partial charge in [-0.15, -0.1) is 13.2 Å². The molecule has 0 aromatic rings. The molecule has 5 heteroatoms. The first-order valence-corrected chi connectivity index (χ1v) is 2.59. The van der Waals surface area contributed by atoms with Crippen LogP contribution in [0.3, 0.4) is 0 Å². The molecule has 0 bridgehead atoms. The number of alkyl halides is 3. The molecule has 1 atom stereocenters. The molecule has 3 radical (unpaired) electrons. The second-order valence-electron chi connectivity index (χ2n) is 1.84. The molecule has 1 aliphatic heterocycles. The zero-order chi connectivity index (χ0) is 7.78. The molecule has 1 rings (SSSR count). The van der Waals surface area contributed by atoms with Crippen LogP contribution in [0.1, 0.15) is 6.92 Å². The smallest absolute Gasteiger partial charge is 0.259 e. The summed E-state index contributed by atoms with van der Waals surface area (Å²) in [6, 6.07) is -0.540. The summed E-state index contributed by atoms with van der Waals surface area (Å²) in [5.41, 5.74) is 0. The Morgan fingerprint density at radius 3 is 2.30 bits per heavy atom. The van der Waals surface area contributed by atoms with Gasteiger partial charge in [0.25, 0.3) is 0 Å². The van der Waals surface area contributed by atoms with Crippen molar-refractivity contribution in [2.45, 2.75) is 19.3 Å². The lowest BCUT2D eigenvalue weighted by atomic mass is 10.4. The summed E-state index contributed by atoms with van der Waals surface area (Å²) < 4.78 is 35.0. The van der Waals surface area contributed by atoms with Gasteiger partial charge in [-0.05, 0) is 6.92 Å². The normalized spacial score (nSPS) is 26.0. The van der Waals surface area contributed by atoms with E-state index in [-0.39, 0.29) is 4.90 Å². The largest absolute Gasteiger partial charge is 0.486 e. The van der Waals surface area contributed by atoms with Crippen molar-refractivity contribution in [2.24, 2.45) is 4.99 Å². The van der Waals surface area contributed by atoms with E-state index in [0.29, 0.717) is 0 Å². The van der Waals surface area contributed by atoms with Crippen molar-refractivity contribution in [1.82, 2.24) is 4.90 Å². The average Bonchev–Trinajstić information content (AvgIpc) is 2.11. The van der Waals surface area contributed by atoms with Crippen molar-refractivity contribution in [3.05, 3.63) is 6.54 Å². The maximum Gasteiger partial charge on any atom is 0.486 e. The Bertz CT molecular complexity index is 151. The van der Waals surface area contributed by atoms with Crippen LogP contribution in [0.4, 0.5) is 13.2 Å². The van der Waals surface area contributed by atoms with E-state index in [1.54, 1.807) is 6.34 Å². The van der Waals surface area contributed by atoms with Gasteiger partial charge in [0.1, 0.15) is 6.54 Å². The van der Waals surface area contributed by atoms with Crippen LogP contribution in [0.2, 0.25) is 0 Å². The summed E-state index contributed by atoms with van der Waals surface area (Å²) in [4.78, 5) is 3.23. The molecular formula is C5H4F3N2. The van der Waals surface area contributed by atoms with E-state index in [0.717, 1.165) is 0 Å². The molecule has 0 aliphatic carbocycles. The van der Waals surface area contributed by atoms with Gasteiger partial charge in [-0.3, -0.25) is 9.89 Å². The minimum absolute atomic E-state index is 0.0995. The topological polar surface area (TPSA) is 15.6 Å². The minimum Gasteiger partial charge on any atom is -0.259 e. The Morgan fingerprint density at radius 2 is 2.10 bits per heavy atom. The van der Waals surface area contributed by atoms with Gasteiger partial charge in [0, 0.05) is 0 Å². The maximum atomic E-state index is 11.7. The average molecular weight is 149 g/mol. The first-order valence-electron chi connectivity index (χ1n) is 2.59. The van der Waals surface area contributed by atoms with Crippen molar-refractivity contribution < 1.29 is 13.2 Å². The molecule has 0 aromatic carbocycles. The third kappa shape index (κ3) is 1.40. The third-order valence-electron chi connectivity index (χ3n) is 0.921. The first kappa shape index (κ1) is 7.37. The lowest BCUT2D eigenvalue weighted by Gasteiger charge is -2.15. The molecule has 0 spiro atoms. The van der Waals surface area contributed by atoms with Crippen LogP contribution < -0.4 is 0 Å². The summed E-state index contributed by atoms with van der Waals surface area (Å²) in [7, 11) is 0.